The van der Waals surface area contributed by atoms with Crippen LogP contribution in [0.1, 0.15) is 36.8 Å². The van der Waals surface area contributed by atoms with E-state index in [1.165, 1.54) is 0 Å². The van der Waals surface area contributed by atoms with Gasteiger partial charge in [-0.2, -0.15) is 5.10 Å². The van der Waals surface area contributed by atoms with Crippen molar-refractivity contribution < 1.29 is 4.74 Å². The lowest BCUT2D eigenvalue weighted by atomic mass is 10.0. The van der Waals surface area contributed by atoms with Crippen molar-refractivity contribution in [2.45, 2.75) is 31.9 Å². The number of anilines is 1. The van der Waals surface area contributed by atoms with Crippen LogP contribution in [0.25, 0.3) is 0 Å². The molecule has 8 heteroatoms. The Bertz CT molecular complexity index is 652. The molecule has 1 aliphatic rings. The highest BCUT2D eigenvalue weighted by atomic mass is 16.5. The Kier molecular flexibility index (Phi) is 3.96. The molecule has 3 heterocycles. The second kappa shape index (κ2) is 6.04. The van der Waals surface area contributed by atoms with Crippen molar-refractivity contribution in [3.05, 3.63) is 34.4 Å². The van der Waals surface area contributed by atoms with Crippen molar-refractivity contribution in [2.75, 3.05) is 18.6 Å². The molecule has 3 rings (SSSR count). The number of hydrogen-bond acceptors (Lipinski definition) is 6. The van der Waals surface area contributed by atoms with Gasteiger partial charge in [-0.25, -0.2) is 19.9 Å². The summed E-state index contributed by atoms with van der Waals surface area (Å²) in [5.41, 5.74) is 0.556. The van der Waals surface area contributed by atoms with Crippen LogP contribution in [0.5, 0.6) is 0 Å². The summed E-state index contributed by atoms with van der Waals surface area (Å²) in [7, 11) is 1.64. The maximum Gasteiger partial charge on any atom is 0.340 e. The molecule has 0 saturated carbocycles. The largest absolute Gasteiger partial charge is 0.378 e. The van der Waals surface area contributed by atoms with Gasteiger partial charge < -0.3 is 9.64 Å². The van der Waals surface area contributed by atoms with Gasteiger partial charge in [-0.15, -0.1) is 0 Å². The van der Waals surface area contributed by atoms with E-state index in [9.17, 15) is 4.79 Å². The van der Waals surface area contributed by atoms with Gasteiger partial charge in [-0.05, 0) is 19.3 Å². The first-order valence-corrected chi connectivity index (χ1v) is 6.99. The second-order valence-corrected chi connectivity index (χ2v) is 5.07. The molecule has 1 aliphatic heterocycles. The number of H-pyrrole nitrogens is 2. The molecule has 1 unspecified atom stereocenters. The number of nitrogens with one attached hydrogen (secondary N) is 2. The molecule has 0 aromatic carbocycles. The van der Waals surface area contributed by atoms with Crippen molar-refractivity contribution in [3.8, 4) is 0 Å². The molecule has 2 aromatic rings. The van der Waals surface area contributed by atoms with E-state index in [-0.39, 0.29) is 11.7 Å². The molecular formula is C13H18N6O2. The molecule has 0 amide bonds. The average Bonchev–Trinajstić information content (AvgIpc) is 2.94. The molecule has 1 fully saturated rings. The monoisotopic (exact) mass is 290 g/mol. The van der Waals surface area contributed by atoms with Crippen LogP contribution in [0.3, 0.4) is 0 Å². The van der Waals surface area contributed by atoms with E-state index in [0.29, 0.717) is 12.4 Å². The van der Waals surface area contributed by atoms with Crippen molar-refractivity contribution in [1.82, 2.24) is 25.1 Å². The minimum atomic E-state index is -0.279. The maximum atomic E-state index is 11.3. The van der Waals surface area contributed by atoms with Crippen LogP contribution in [-0.2, 0) is 11.3 Å². The predicted octanol–water partition coefficient (Wildman–Crippen LogP) is 0.766. The fraction of sp³-hybridized carbons (Fsp3) is 0.538. The van der Waals surface area contributed by atoms with Crippen LogP contribution in [0, 0.1) is 0 Å². The Balaban J connectivity index is 1.90. The average molecular weight is 290 g/mol. The molecule has 8 nitrogen and oxygen atoms in total. The Morgan fingerprint density at radius 3 is 3.10 bits per heavy atom. The van der Waals surface area contributed by atoms with E-state index in [2.05, 4.69) is 30.0 Å². The number of piperidine rings is 1. The zero-order valence-corrected chi connectivity index (χ0v) is 11.9. The van der Waals surface area contributed by atoms with Gasteiger partial charge in [0.15, 0.2) is 5.82 Å². The van der Waals surface area contributed by atoms with E-state index in [1.54, 1.807) is 13.4 Å². The molecule has 112 valence electrons. The summed E-state index contributed by atoms with van der Waals surface area (Å²) in [6.45, 7) is 1.33. The summed E-state index contributed by atoms with van der Waals surface area (Å²) in [6, 6.07) is 1.95. The topological polar surface area (TPSA) is 99.8 Å². The van der Waals surface area contributed by atoms with E-state index < -0.39 is 0 Å². The van der Waals surface area contributed by atoms with E-state index >= 15 is 0 Å². The summed E-state index contributed by atoms with van der Waals surface area (Å²) >= 11 is 0. The van der Waals surface area contributed by atoms with Gasteiger partial charge in [0.05, 0.1) is 18.3 Å². The third-order valence-corrected chi connectivity index (χ3v) is 3.63. The van der Waals surface area contributed by atoms with Crippen molar-refractivity contribution >= 4 is 5.82 Å². The van der Waals surface area contributed by atoms with Crippen LogP contribution >= 0.6 is 0 Å². The Morgan fingerprint density at radius 1 is 1.43 bits per heavy atom. The molecule has 0 spiro atoms. The lowest BCUT2D eigenvalue weighted by Gasteiger charge is -2.35. The van der Waals surface area contributed by atoms with Gasteiger partial charge >= 0.3 is 5.69 Å². The summed E-state index contributed by atoms with van der Waals surface area (Å²) in [5.74, 6) is 1.50. The zero-order chi connectivity index (χ0) is 14.7. The number of nitrogens with zero attached hydrogens (tertiary/aromatic N) is 4. The summed E-state index contributed by atoms with van der Waals surface area (Å²) in [4.78, 5) is 24.7. The van der Waals surface area contributed by atoms with E-state index in [1.807, 2.05) is 6.07 Å². The van der Waals surface area contributed by atoms with Gasteiger partial charge in [0.25, 0.3) is 0 Å². The van der Waals surface area contributed by atoms with Crippen LogP contribution in [-0.4, -0.2) is 38.8 Å². The molecule has 0 aliphatic carbocycles. The van der Waals surface area contributed by atoms with Crippen LogP contribution < -0.4 is 10.6 Å². The minimum absolute atomic E-state index is 0.0306. The number of ether oxygens (including phenoxy) is 1. The Hall–Kier alpha value is -2.22. The van der Waals surface area contributed by atoms with Crippen LogP contribution in [0.15, 0.2) is 17.2 Å². The minimum Gasteiger partial charge on any atom is -0.378 e. The van der Waals surface area contributed by atoms with Gasteiger partial charge in [0.2, 0.25) is 0 Å². The molecule has 21 heavy (non-hydrogen) atoms. The Morgan fingerprint density at radius 2 is 2.33 bits per heavy atom. The first-order chi connectivity index (χ1) is 10.3. The van der Waals surface area contributed by atoms with Gasteiger partial charge in [0, 0.05) is 19.7 Å². The normalized spacial score (nSPS) is 18.9. The summed E-state index contributed by atoms with van der Waals surface area (Å²) < 4.78 is 5.11. The number of methoxy groups -OCH3 is 1. The second-order valence-electron chi connectivity index (χ2n) is 5.07. The lowest BCUT2D eigenvalue weighted by Crippen LogP contribution is -2.35. The van der Waals surface area contributed by atoms with Crippen molar-refractivity contribution in [1.29, 1.82) is 0 Å². The fourth-order valence-corrected chi connectivity index (χ4v) is 2.70. The van der Waals surface area contributed by atoms with Crippen LogP contribution in [0.2, 0.25) is 0 Å². The zero-order valence-electron chi connectivity index (χ0n) is 11.9. The SMILES string of the molecule is COCc1cc(N2CCCCC2c2n[nH]c(=O)[nH]2)ncn1. The third kappa shape index (κ3) is 2.94. The smallest absolute Gasteiger partial charge is 0.340 e. The van der Waals surface area contributed by atoms with E-state index in [0.717, 1.165) is 37.3 Å². The Labute approximate surface area is 121 Å². The maximum absolute atomic E-state index is 11.3. The quantitative estimate of drug-likeness (QED) is 0.862. The molecule has 1 atom stereocenters. The van der Waals surface area contributed by atoms with Gasteiger partial charge in [-0.1, -0.05) is 0 Å². The fourth-order valence-electron chi connectivity index (χ4n) is 2.70. The standard InChI is InChI=1S/C13H18N6O2/c1-21-7-9-6-11(15-8-14-9)19-5-3-2-4-10(19)12-16-13(20)18-17-12/h6,8,10H,2-5,7H2,1H3,(H2,16,17,18,20). The highest BCUT2D eigenvalue weighted by Crippen LogP contribution is 2.31. The predicted molar refractivity (Wildman–Crippen MR) is 75.9 cm³/mol. The highest BCUT2D eigenvalue weighted by Gasteiger charge is 2.27. The first-order valence-electron chi connectivity index (χ1n) is 6.99. The number of hydrogen-bond donors (Lipinski definition) is 2. The van der Waals surface area contributed by atoms with Gasteiger partial charge in [0.1, 0.15) is 12.1 Å². The first kappa shape index (κ1) is 13.7. The van der Waals surface area contributed by atoms with Crippen molar-refractivity contribution in [3.63, 3.8) is 0 Å². The molecule has 0 bridgehead atoms. The highest BCUT2D eigenvalue weighted by molar-refractivity contribution is 5.41. The summed E-state index contributed by atoms with van der Waals surface area (Å²) in [5, 5.41) is 6.50. The third-order valence-electron chi connectivity index (χ3n) is 3.63. The molecular weight excluding hydrogens is 272 g/mol. The number of aromatic nitrogens is 5. The summed E-state index contributed by atoms with van der Waals surface area (Å²) in [6.07, 6.45) is 4.67. The van der Waals surface area contributed by atoms with Crippen LogP contribution in [0.4, 0.5) is 5.82 Å². The molecule has 2 N–H and O–H groups in total. The molecule has 2 aromatic heterocycles. The molecule has 0 radical (unpaired) electrons. The van der Waals surface area contributed by atoms with E-state index in [4.69, 9.17) is 4.74 Å². The number of rotatable bonds is 4. The van der Waals surface area contributed by atoms with Gasteiger partial charge in [-0.3, -0.25) is 4.98 Å². The lowest BCUT2D eigenvalue weighted by molar-refractivity contribution is 0.181. The van der Waals surface area contributed by atoms with Crippen molar-refractivity contribution in [2.24, 2.45) is 0 Å². The number of aromatic amines is 2. The molecule has 1 saturated heterocycles.